The van der Waals surface area contributed by atoms with Gasteiger partial charge in [0.15, 0.2) is 17.5 Å². The van der Waals surface area contributed by atoms with Crippen molar-refractivity contribution in [3.8, 4) is 67.5 Å². The van der Waals surface area contributed by atoms with E-state index in [2.05, 4.69) is 170 Å². The van der Waals surface area contributed by atoms with Gasteiger partial charge in [0.05, 0.1) is 0 Å². The van der Waals surface area contributed by atoms with Crippen LogP contribution in [0.2, 0.25) is 0 Å². The number of benzene rings is 9. The number of aromatic nitrogens is 3. The van der Waals surface area contributed by atoms with E-state index in [1.807, 2.05) is 30.3 Å². The molecule has 3 heteroatoms. The first kappa shape index (κ1) is 31.5. The zero-order chi connectivity index (χ0) is 35.8. The number of hydrogen-bond donors (Lipinski definition) is 0. The van der Waals surface area contributed by atoms with Gasteiger partial charge in [0.2, 0.25) is 0 Å². The minimum Gasteiger partial charge on any atom is -0.208 e. The van der Waals surface area contributed by atoms with Gasteiger partial charge in [0.25, 0.3) is 0 Å². The summed E-state index contributed by atoms with van der Waals surface area (Å²) < 4.78 is 0. The lowest BCUT2D eigenvalue weighted by molar-refractivity contribution is 1.07. The van der Waals surface area contributed by atoms with Crippen LogP contribution in [0.5, 0.6) is 0 Å². The van der Waals surface area contributed by atoms with Crippen LogP contribution in [0.15, 0.2) is 200 Å². The van der Waals surface area contributed by atoms with E-state index in [4.69, 9.17) is 15.0 Å². The Hall–Kier alpha value is -7.23. The van der Waals surface area contributed by atoms with Gasteiger partial charge < -0.3 is 0 Å². The third-order valence-corrected chi connectivity index (χ3v) is 10.3. The van der Waals surface area contributed by atoms with Crippen LogP contribution < -0.4 is 0 Å². The highest BCUT2D eigenvalue weighted by Crippen LogP contribution is 2.40. The fourth-order valence-electron chi connectivity index (χ4n) is 7.67. The van der Waals surface area contributed by atoms with E-state index >= 15 is 0 Å². The van der Waals surface area contributed by atoms with Crippen LogP contribution in [0.3, 0.4) is 0 Å². The van der Waals surface area contributed by atoms with E-state index < -0.39 is 0 Å². The Labute approximate surface area is 313 Å². The normalized spacial score (nSPS) is 11.3. The summed E-state index contributed by atoms with van der Waals surface area (Å²) in [5.41, 5.74) is 9.61. The van der Waals surface area contributed by atoms with Crippen molar-refractivity contribution in [2.45, 2.75) is 0 Å². The van der Waals surface area contributed by atoms with Gasteiger partial charge in [-0.1, -0.05) is 188 Å². The largest absolute Gasteiger partial charge is 0.208 e. The van der Waals surface area contributed by atoms with Crippen molar-refractivity contribution in [2.75, 3.05) is 0 Å². The molecule has 54 heavy (non-hydrogen) atoms. The van der Waals surface area contributed by atoms with Gasteiger partial charge in [0, 0.05) is 16.7 Å². The van der Waals surface area contributed by atoms with Crippen LogP contribution in [0, 0.1) is 0 Å². The molecule has 0 unspecified atom stereocenters. The van der Waals surface area contributed by atoms with E-state index in [-0.39, 0.29) is 0 Å². The maximum Gasteiger partial charge on any atom is 0.164 e. The molecular weight excluding hydrogens is 655 g/mol. The molecule has 1 aromatic heterocycles. The molecule has 3 nitrogen and oxygen atoms in total. The highest BCUT2D eigenvalue weighted by Gasteiger charge is 2.18. The molecule has 0 saturated heterocycles. The van der Waals surface area contributed by atoms with Crippen LogP contribution in [-0.4, -0.2) is 15.0 Å². The first-order valence-corrected chi connectivity index (χ1v) is 18.3. The summed E-state index contributed by atoms with van der Waals surface area (Å²) in [6.45, 7) is 0. The summed E-state index contributed by atoms with van der Waals surface area (Å²) in [5, 5.41) is 7.45. The molecule has 0 aliphatic rings. The molecule has 0 bridgehead atoms. The molecular formula is C51H33N3. The van der Waals surface area contributed by atoms with Crippen molar-refractivity contribution in [1.82, 2.24) is 15.0 Å². The van der Waals surface area contributed by atoms with E-state index in [1.54, 1.807) is 0 Å². The molecule has 9 aromatic carbocycles. The molecule has 0 N–H and O–H groups in total. The molecule has 0 fully saturated rings. The van der Waals surface area contributed by atoms with Gasteiger partial charge in [-0.15, -0.1) is 0 Å². The number of fused-ring (bicyclic) bond motifs is 4. The van der Waals surface area contributed by atoms with Crippen LogP contribution in [0.1, 0.15) is 0 Å². The Kier molecular flexibility index (Phi) is 7.81. The number of nitrogens with zero attached hydrogens (tertiary/aromatic N) is 3. The molecule has 0 aliphatic carbocycles. The first-order valence-electron chi connectivity index (χ1n) is 18.3. The van der Waals surface area contributed by atoms with E-state index in [9.17, 15) is 0 Å². The van der Waals surface area contributed by atoms with Gasteiger partial charge in [-0.2, -0.15) is 0 Å². The third kappa shape index (κ3) is 5.69. The summed E-state index contributed by atoms with van der Waals surface area (Å²) in [6.07, 6.45) is 0. The summed E-state index contributed by atoms with van der Waals surface area (Å²) in [6, 6.07) is 70.6. The van der Waals surface area contributed by atoms with Crippen molar-refractivity contribution in [3.05, 3.63) is 200 Å². The van der Waals surface area contributed by atoms with Crippen LogP contribution in [0.4, 0.5) is 0 Å². The smallest absolute Gasteiger partial charge is 0.164 e. The van der Waals surface area contributed by atoms with Crippen molar-refractivity contribution in [3.63, 3.8) is 0 Å². The quantitative estimate of drug-likeness (QED) is 0.129. The number of hydrogen-bond acceptors (Lipinski definition) is 3. The lowest BCUT2D eigenvalue weighted by Crippen LogP contribution is -2.01. The summed E-state index contributed by atoms with van der Waals surface area (Å²) >= 11 is 0. The van der Waals surface area contributed by atoms with E-state index in [0.29, 0.717) is 17.5 Å². The van der Waals surface area contributed by atoms with Crippen molar-refractivity contribution < 1.29 is 0 Å². The summed E-state index contributed by atoms with van der Waals surface area (Å²) in [4.78, 5) is 15.5. The molecule has 1 heterocycles. The Morgan fingerprint density at radius 2 is 0.759 bits per heavy atom. The standard InChI is InChI=1S/C51H33N3/c1-4-14-34(15-5-1)40-29-30-43(35-16-6-2-7-17-35)47(32-40)51-53-49(38-19-8-3-9-20-38)52-50(54-51)39-26-24-37(25-27-39)48-44-23-13-11-21-41(44)33-46-42-22-12-10-18-36(42)28-31-45(46)48/h1-33H. The van der Waals surface area contributed by atoms with Gasteiger partial charge >= 0.3 is 0 Å². The molecule has 0 spiro atoms. The second kappa shape index (κ2) is 13.4. The van der Waals surface area contributed by atoms with Crippen LogP contribution in [0.25, 0.3) is 99.9 Å². The van der Waals surface area contributed by atoms with Crippen LogP contribution >= 0.6 is 0 Å². The van der Waals surface area contributed by atoms with Gasteiger partial charge in [-0.25, -0.2) is 15.0 Å². The maximum atomic E-state index is 5.23. The second-order valence-electron chi connectivity index (χ2n) is 13.6. The molecule has 0 aliphatic heterocycles. The van der Waals surface area contributed by atoms with E-state index in [1.165, 1.54) is 37.9 Å². The second-order valence-corrected chi connectivity index (χ2v) is 13.6. The number of rotatable bonds is 6. The molecule has 0 radical (unpaired) electrons. The average molecular weight is 688 g/mol. The lowest BCUT2D eigenvalue weighted by atomic mass is 9.89. The highest BCUT2D eigenvalue weighted by molar-refractivity contribution is 6.20. The molecule has 0 atom stereocenters. The fourth-order valence-corrected chi connectivity index (χ4v) is 7.67. The van der Waals surface area contributed by atoms with Crippen molar-refractivity contribution in [2.24, 2.45) is 0 Å². The Morgan fingerprint density at radius 1 is 0.241 bits per heavy atom. The summed E-state index contributed by atoms with van der Waals surface area (Å²) in [7, 11) is 0. The minimum atomic E-state index is 0.628. The maximum absolute atomic E-state index is 5.23. The predicted octanol–water partition coefficient (Wildman–Crippen LogP) is 13.3. The fraction of sp³-hybridized carbons (Fsp3) is 0. The zero-order valence-electron chi connectivity index (χ0n) is 29.4. The molecule has 252 valence electrons. The monoisotopic (exact) mass is 687 g/mol. The first-order chi connectivity index (χ1) is 26.8. The molecule has 10 aromatic rings. The molecule has 0 saturated carbocycles. The molecule has 10 rings (SSSR count). The Balaban J connectivity index is 1.16. The highest BCUT2D eigenvalue weighted by atomic mass is 15.0. The van der Waals surface area contributed by atoms with Crippen LogP contribution in [-0.2, 0) is 0 Å². The predicted molar refractivity (Wildman–Crippen MR) is 225 cm³/mol. The lowest BCUT2D eigenvalue weighted by Gasteiger charge is -2.15. The minimum absolute atomic E-state index is 0.628. The van der Waals surface area contributed by atoms with Gasteiger partial charge in [0.1, 0.15) is 0 Å². The summed E-state index contributed by atoms with van der Waals surface area (Å²) in [5.74, 6) is 1.89. The average Bonchev–Trinajstić information content (AvgIpc) is 3.26. The van der Waals surface area contributed by atoms with Crippen molar-refractivity contribution >= 4 is 32.3 Å². The Morgan fingerprint density at radius 3 is 1.46 bits per heavy atom. The van der Waals surface area contributed by atoms with Crippen molar-refractivity contribution in [1.29, 1.82) is 0 Å². The van der Waals surface area contributed by atoms with Gasteiger partial charge in [-0.05, 0) is 77.8 Å². The third-order valence-electron chi connectivity index (χ3n) is 10.3. The molecule has 0 amide bonds. The SMILES string of the molecule is c1ccc(-c2ccc(-c3ccccc3)c(-c3nc(-c4ccccc4)nc(-c4ccc(-c5c6ccccc6cc6c5ccc5ccccc56)cc4)n3)c2)cc1. The van der Waals surface area contributed by atoms with E-state index in [0.717, 1.165) is 44.5 Å². The topological polar surface area (TPSA) is 38.7 Å². The zero-order valence-corrected chi connectivity index (χ0v) is 29.4. The van der Waals surface area contributed by atoms with Gasteiger partial charge in [-0.3, -0.25) is 0 Å². The Bertz CT molecular complexity index is 2960.